The van der Waals surface area contributed by atoms with E-state index in [4.69, 9.17) is 16.3 Å². The lowest BCUT2D eigenvalue weighted by atomic mass is 9.87. The molecule has 5 heteroatoms. The van der Waals surface area contributed by atoms with Crippen LogP contribution in [0.5, 0.6) is 0 Å². The molecule has 3 rings (SSSR count). The first-order chi connectivity index (χ1) is 10.2. The molecule has 0 spiro atoms. The van der Waals surface area contributed by atoms with Gasteiger partial charge in [0.1, 0.15) is 0 Å². The van der Waals surface area contributed by atoms with Gasteiger partial charge in [-0.05, 0) is 36.6 Å². The average Bonchev–Trinajstić information content (AvgIpc) is 2.84. The van der Waals surface area contributed by atoms with Crippen LogP contribution in [0.1, 0.15) is 36.9 Å². The van der Waals surface area contributed by atoms with E-state index in [0.29, 0.717) is 17.4 Å². The molecule has 4 nitrogen and oxygen atoms in total. The Morgan fingerprint density at radius 1 is 1.52 bits per heavy atom. The van der Waals surface area contributed by atoms with Gasteiger partial charge in [-0.25, -0.2) is 0 Å². The minimum absolute atomic E-state index is 0.0409. The van der Waals surface area contributed by atoms with Gasteiger partial charge < -0.3 is 15.4 Å². The van der Waals surface area contributed by atoms with Crippen molar-refractivity contribution < 1.29 is 9.53 Å². The fraction of sp³-hybridized carbons (Fsp3) is 0.562. The number of rotatable bonds is 4. The number of amides is 1. The van der Waals surface area contributed by atoms with Crippen molar-refractivity contribution in [3.05, 3.63) is 28.3 Å². The lowest BCUT2D eigenvalue weighted by Crippen LogP contribution is -2.33. The molecular formula is C16H21ClN2O2. The van der Waals surface area contributed by atoms with E-state index in [1.54, 1.807) is 0 Å². The molecule has 0 radical (unpaired) electrons. The smallest absolute Gasteiger partial charge is 0.228 e. The zero-order valence-electron chi connectivity index (χ0n) is 12.2. The maximum Gasteiger partial charge on any atom is 0.228 e. The molecule has 2 heterocycles. The molecule has 1 amide bonds. The Bertz CT molecular complexity index is 541. The van der Waals surface area contributed by atoms with Crippen LogP contribution in [0.15, 0.2) is 12.1 Å². The van der Waals surface area contributed by atoms with Gasteiger partial charge in [0.2, 0.25) is 5.91 Å². The van der Waals surface area contributed by atoms with Crippen LogP contribution in [0.2, 0.25) is 5.02 Å². The molecule has 2 N–H and O–H groups in total. The Labute approximate surface area is 130 Å². The van der Waals surface area contributed by atoms with Crippen LogP contribution in [0.4, 0.5) is 5.69 Å². The second-order valence-corrected chi connectivity index (χ2v) is 6.18. The van der Waals surface area contributed by atoms with Gasteiger partial charge in [0, 0.05) is 29.3 Å². The van der Waals surface area contributed by atoms with Gasteiger partial charge in [-0.15, -0.1) is 0 Å². The number of ether oxygens (including phenoxy) is 1. The van der Waals surface area contributed by atoms with E-state index in [-0.39, 0.29) is 11.9 Å². The molecule has 1 fully saturated rings. The molecule has 2 unspecified atom stereocenters. The predicted molar refractivity (Wildman–Crippen MR) is 83.7 cm³/mol. The quantitative estimate of drug-likeness (QED) is 0.899. The van der Waals surface area contributed by atoms with E-state index in [9.17, 15) is 4.79 Å². The van der Waals surface area contributed by atoms with Gasteiger partial charge in [0.25, 0.3) is 0 Å². The normalized spacial score (nSPS) is 22.8. The Morgan fingerprint density at radius 3 is 3.10 bits per heavy atom. The number of anilines is 1. The van der Waals surface area contributed by atoms with Crippen molar-refractivity contribution in [2.24, 2.45) is 5.92 Å². The Morgan fingerprint density at radius 2 is 2.38 bits per heavy atom. The van der Waals surface area contributed by atoms with E-state index >= 15 is 0 Å². The largest absolute Gasteiger partial charge is 0.381 e. The van der Waals surface area contributed by atoms with Gasteiger partial charge in [-0.2, -0.15) is 0 Å². The SMILES string of the molecule is CCNC(c1cc2c(cc1Cl)NC(=O)C2)C1CCCOC1. The highest BCUT2D eigenvalue weighted by Gasteiger charge is 2.29. The van der Waals surface area contributed by atoms with Crippen LogP contribution in [-0.2, 0) is 16.0 Å². The molecule has 0 aromatic heterocycles. The standard InChI is InChI=1S/C16H21ClN2O2/c1-2-18-16(10-4-3-5-21-9-10)12-6-11-7-15(20)19-14(11)8-13(12)17/h6,8,10,16,18H,2-5,7,9H2,1H3,(H,19,20). The number of benzene rings is 1. The first-order valence-electron chi connectivity index (χ1n) is 7.62. The van der Waals surface area contributed by atoms with Crippen molar-refractivity contribution in [2.45, 2.75) is 32.2 Å². The van der Waals surface area contributed by atoms with Crippen LogP contribution < -0.4 is 10.6 Å². The molecular weight excluding hydrogens is 288 g/mol. The van der Waals surface area contributed by atoms with Crippen LogP contribution >= 0.6 is 11.6 Å². The third-order valence-corrected chi connectivity index (χ3v) is 4.60. The Hall–Kier alpha value is -1.10. The van der Waals surface area contributed by atoms with Crippen LogP contribution in [-0.4, -0.2) is 25.7 Å². The molecule has 1 aromatic carbocycles. The molecule has 21 heavy (non-hydrogen) atoms. The van der Waals surface area contributed by atoms with Crippen LogP contribution in [0, 0.1) is 5.92 Å². The van der Waals surface area contributed by atoms with Gasteiger partial charge in [-0.3, -0.25) is 4.79 Å². The zero-order valence-corrected chi connectivity index (χ0v) is 13.0. The summed E-state index contributed by atoms with van der Waals surface area (Å²) < 4.78 is 5.63. The monoisotopic (exact) mass is 308 g/mol. The Balaban J connectivity index is 1.92. The molecule has 0 aliphatic carbocycles. The van der Waals surface area contributed by atoms with Gasteiger partial charge in [0.15, 0.2) is 0 Å². The number of fused-ring (bicyclic) bond motifs is 1. The summed E-state index contributed by atoms with van der Waals surface area (Å²) in [5.41, 5.74) is 2.98. The maximum absolute atomic E-state index is 11.5. The average molecular weight is 309 g/mol. The molecule has 2 aliphatic heterocycles. The van der Waals surface area contributed by atoms with E-state index in [0.717, 1.165) is 49.4 Å². The fourth-order valence-corrected chi connectivity index (χ4v) is 3.57. The molecule has 1 aromatic rings. The molecule has 2 aliphatic rings. The van der Waals surface area contributed by atoms with Crippen molar-refractivity contribution in [1.82, 2.24) is 5.32 Å². The summed E-state index contributed by atoms with van der Waals surface area (Å²) in [6.45, 7) is 4.60. The second-order valence-electron chi connectivity index (χ2n) is 5.77. The summed E-state index contributed by atoms with van der Waals surface area (Å²) in [6.07, 6.45) is 2.68. The molecule has 1 saturated heterocycles. The summed E-state index contributed by atoms with van der Waals surface area (Å²) in [7, 11) is 0. The second kappa shape index (κ2) is 6.34. The number of halogens is 1. The first kappa shape index (κ1) is 14.8. The summed E-state index contributed by atoms with van der Waals surface area (Å²) in [6, 6.07) is 4.15. The van der Waals surface area contributed by atoms with E-state index in [1.165, 1.54) is 0 Å². The molecule has 2 atom stereocenters. The highest BCUT2D eigenvalue weighted by Crippen LogP contribution is 2.37. The Kier molecular flexibility index (Phi) is 4.48. The van der Waals surface area contributed by atoms with E-state index < -0.39 is 0 Å². The number of hydrogen-bond acceptors (Lipinski definition) is 3. The van der Waals surface area contributed by atoms with Gasteiger partial charge in [0.05, 0.1) is 13.0 Å². The van der Waals surface area contributed by atoms with Crippen LogP contribution in [0.3, 0.4) is 0 Å². The fourth-order valence-electron chi connectivity index (χ4n) is 3.28. The van der Waals surface area contributed by atoms with Crippen molar-refractivity contribution in [3.63, 3.8) is 0 Å². The number of nitrogens with one attached hydrogen (secondary N) is 2. The van der Waals surface area contributed by atoms with Crippen molar-refractivity contribution in [2.75, 3.05) is 25.1 Å². The number of carbonyl (C=O) groups excluding carboxylic acids is 1. The van der Waals surface area contributed by atoms with Gasteiger partial charge >= 0.3 is 0 Å². The summed E-state index contributed by atoms with van der Waals surface area (Å²) in [5.74, 6) is 0.471. The molecule has 114 valence electrons. The van der Waals surface area contributed by atoms with Crippen molar-refractivity contribution in [3.8, 4) is 0 Å². The third-order valence-electron chi connectivity index (χ3n) is 4.27. The minimum Gasteiger partial charge on any atom is -0.381 e. The van der Waals surface area contributed by atoms with Crippen LogP contribution in [0.25, 0.3) is 0 Å². The van der Waals surface area contributed by atoms with E-state index in [2.05, 4.69) is 23.6 Å². The predicted octanol–water partition coefficient (Wildman–Crippen LogP) is 2.91. The lowest BCUT2D eigenvalue weighted by molar-refractivity contribution is -0.115. The van der Waals surface area contributed by atoms with E-state index in [1.807, 2.05) is 6.07 Å². The summed E-state index contributed by atoms with van der Waals surface area (Å²) in [5, 5.41) is 7.10. The maximum atomic E-state index is 11.5. The first-order valence-corrected chi connectivity index (χ1v) is 8.00. The summed E-state index contributed by atoms with van der Waals surface area (Å²) in [4.78, 5) is 11.5. The molecule has 0 bridgehead atoms. The van der Waals surface area contributed by atoms with Crippen molar-refractivity contribution >= 4 is 23.2 Å². The topological polar surface area (TPSA) is 50.4 Å². The lowest BCUT2D eigenvalue weighted by Gasteiger charge is -2.32. The zero-order chi connectivity index (χ0) is 14.8. The number of hydrogen-bond donors (Lipinski definition) is 2. The number of carbonyl (C=O) groups is 1. The van der Waals surface area contributed by atoms with Crippen molar-refractivity contribution in [1.29, 1.82) is 0 Å². The highest BCUT2D eigenvalue weighted by molar-refractivity contribution is 6.32. The van der Waals surface area contributed by atoms with Gasteiger partial charge in [-0.1, -0.05) is 24.6 Å². The summed E-state index contributed by atoms with van der Waals surface area (Å²) >= 11 is 6.47. The highest BCUT2D eigenvalue weighted by atomic mass is 35.5. The third kappa shape index (κ3) is 3.07. The molecule has 0 saturated carbocycles. The minimum atomic E-state index is 0.0409.